The number of aryl methyl sites for hydroxylation is 2. The molecule has 12 N–H and O–H groups in total. The Morgan fingerprint density at radius 3 is 1.47 bits per heavy atom. The summed E-state index contributed by atoms with van der Waals surface area (Å²) in [5, 5.41) is 42.4. The molecule has 10 atom stereocenters. The minimum atomic E-state index is -5.44. The van der Waals surface area contributed by atoms with Gasteiger partial charge in [0.05, 0.1) is 27.3 Å². The molecule has 2 aliphatic rings. The van der Waals surface area contributed by atoms with Gasteiger partial charge in [0.1, 0.15) is 36.6 Å². The second-order valence-electron chi connectivity index (χ2n) is 12.1. The normalized spacial score (nSPS) is 29.8. The molecule has 27 nitrogen and oxygen atoms in total. The molecular weight excluding hydrogens is 781 g/mol. The van der Waals surface area contributed by atoms with E-state index >= 15 is 0 Å². The summed E-state index contributed by atoms with van der Waals surface area (Å²) in [7, 11) is -12.9. The zero-order valence-corrected chi connectivity index (χ0v) is 30.2. The predicted octanol–water partition coefficient (Wildman–Crippen LogP) is -4.40. The van der Waals surface area contributed by atoms with Crippen LogP contribution in [0.5, 0.6) is 0 Å². The standard InChI is InChI=1S/C23H33N10O17P3/c1-30-6-32(16-10(30)18(38)28-22(24)26-16)20-14(36)12(34)8(47-20)4-45-52(41,42)49-51(3,40)50-53(43,44)46-5-9-13(35)15(37)21(48-9)33-7-31(2)11-17(33)27-23(25)29-19(11)39/h6-9,12-15,20-21,34-37H,4-5H2,1-3H3,(H6-2,24,25,26,27,28,29,38,39,41,42,43,44)/p+2/t8-,9-,12-,13-,14-,15-,20-,21-/m1/s1. The average molecular weight is 817 g/mol. The van der Waals surface area contributed by atoms with Gasteiger partial charge in [0.15, 0.2) is 12.7 Å². The third-order valence-corrected chi connectivity index (χ3v) is 13.1. The molecule has 0 aromatic carbocycles. The van der Waals surface area contributed by atoms with Gasteiger partial charge in [0.25, 0.3) is 23.0 Å². The number of aliphatic hydroxyl groups excluding tert-OH is 4. The Morgan fingerprint density at radius 1 is 0.755 bits per heavy atom. The van der Waals surface area contributed by atoms with E-state index in [9.17, 15) is 53.5 Å². The Kier molecular flexibility index (Phi) is 10.3. The summed E-state index contributed by atoms with van der Waals surface area (Å²) in [6, 6.07) is 0. The second kappa shape index (κ2) is 14.0. The van der Waals surface area contributed by atoms with E-state index in [0.29, 0.717) is 6.66 Å². The molecule has 2 fully saturated rings. The zero-order chi connectivity index (χ0) is 38.9. The number of hydrogen-bond acceptors (Lipinski definition) is 19. The molecule has 2 aliphatic heterocycles. The first-order valence-electron chi connectivity index (χ1n) is 15.1. The van der Waals surface area contributed by atoms with E-state index < -0.39 is 96.7 Å². The van der Waals surface area contributed by atoms with Crippen LogP contribution in [-0.2, 0) is 54.9 Å². The number of H-pyrrole nitrogens is 2. The number of anilines is 2. The molecule has 4 aromatic rings. The summed E-state index contributed by atoms with van der Waals surface area (Å²) in [5.41, 5.74) is 10.1. The SMILES string of the molecule is Cn1c[n+]([C@@H]2O[C@H](COP(=O)(O)OP(C)(=O)OP(=O)(O)OC[C@H]3O[C@@H]([n+]4cn(C)c5c(=O)[nH]c(N)nc54)[C@H](O)[C@@H]3O)[C@@H](O)[C@H]2O)c2nc(N)[nH]c(=O)c21. The maximum Gasteiger partial charge on any atom is 0.479 e. The monoisotopic (exact) mass is 816 g/mol. The van der Waals surface area contributed by atoms with Crippen LogP contribution in [0.1, 0.15) is 12.5 Å². The highest BCUT2D eigenvalue weighted by Gasteiger charge is 2.50. The molecule has 0 spiro atoms. The van der Waals surface area contributed by atoms with Gasteiger partial charge in [0.2, 0.25) is 23.5 Å². The highest BCUT2D eigenvalue weighted by atomic mass is 31.3. The first-order chi connectivity index (χ1) is 24.6. The second-order valence-corrected chi connectivity index (χ2v) is 17.3. The minimum Gasteiger partial charge on any atom is -0.387 e. The fourth-order valence-corrected chi connectivity index (χ4v) is 10.3. The topological polar surface area (TPSA) is 389 Å². The largest absolute Gasteiger partial charge is 0.479 e. The lowest BCUT2D eigenvalue weighted by atomic mass is 10.1. The van der Waals surface area contributed by atoms with Crippen molar-refractivity contribution in [3.8, 4) is 0 Å². The van der Waals surface area contributed by atoms with Crippen molar-refractivity contribution in [2.24, 2.45) is 14.1 Å². The summed E-state index contributed by atoms with van der Waals surface area (Å²) < 4.78 is 73.1. The van der Waals surface area contributed by atoms with Crippen LogP contribution in [-0.4, -0.2) is 116 Å². The molecule has 6 rings (SSSR count). The van der Waals surface area contributed by atoms with Crippen molar-refractivity contribution < 1.29 is 80.2 Å². The summed E-state index contributed by atoms with van der Waals surface area (Å²) >= 11 is 0. The Balaban J connectivity index is 1.05. The van der Waals surface area contributed by atoms with Crippen LogP contribution in [0.2, 0.25) is 0 Å². The number of nitrogens with two attached hydrogens (primary N) is 2. The molecule has 0 saturated carbocycles. The van der Waals surface area contributed by atoms with E-state index in [1.165, 1.54) is 45.0 Å². The number of nitrogen functional groups attached to an aromatic ring is 2. The van der Waals surface area contributed by atoms with Crippen molar-refractivity contribution in [1.82, 2.24) is 29.1 Å². The van der Waals surface area contributed by atoms with Crippen molar-refractivity contribution in [3.63, 3.8) is 0 Å². The number of phosphoric ester groups is 2. The number of fused-ring (bicyclic) bond motifs is 2. The number of nitrogens with zero attached hydrogens (tertiary/aromatic N) is 6. The van der Waals surface area contributed by atoms with E-state index in [-0.39, 0.29) is 34.2 Å². The molecule has 53 heavy (non-hydrogen) atoms. The van der Waals surface area contributed by atoms with Gasteiger partial charge in [-0.15, -0.1) is 0 Å². The molecule has 2 unspecified atom stereocenters. The summed E-state index contributed by atoms with van der Waals surface area (Å²) in [6.07, 6.45) is -10.1. The number of aromatic nitrogens is 8. The van der Waals surface area contributed by atoms with Crippen LogP contribution in [0.3, 0.4) is 0 Å². The van der Waals surface area contributed by atoms with Gasteiger partial charge < -0.3 is 51.2 Å². The predicted molar refractivity (Wildman–Crippen MR) is 171 cm³/mol. The molecule has 4 aromatic heterocycles. The van der Waals surface area contributed by atoms with Crippen LogP contribution in [0, 0.1) is 0 Å². The third kappa shape index (κ3) is 7.73. The van der Waals surface area contributed by atoms with E-state index in [4.69, 9.17) is 30.0 Å². The van der Waals surface area contributed by atoms with Crippen LogP contribution >= 0.6 is 23.2 Å². The van der Waals surface area contributed by atoms with Crippen LogP contribution < -0.4 is 31.7 Å². The summed E-state index contributed by atoms with van der Waals surface area (Å²) in [4.78, 5) is 57.8. The lowest BCUT2D eigenvalue weighted by Crippen LogP contribution is -2.46. The molecule has 2 saturated heterocycles. The summed E-state index contributed by atoms with van der Waals surface area (Å²) in [6.45, 7) is -1.41. The Labute approximate surface area is 294 Å². The third-order valence-electron chi connectivity index (χ3n) is 8.11. The maximum absolute atomic E-state index is 12.9. The molecule has 0 bridgehead atoms. The molecule has 6 heterocycles. The number of rotatable bonds is 12. The highest BCUT2D eigenvalue weighted by Crippen LogP contribution is 2.68. The van der Waals surface area contributed by atoms with Crippen molar-refractivity contribution in [3.05, 3.63) is 33.4 Å². The quantitative estimate of drug-likeness (QED) is 0.0476. The number of hydrogen-bond donors (Lipinski definition) is 10. The van der Waals surface area contributed by atoms with E-state index in [1.807, 2.05) is 0 Å². The smallest absolute Gasteiger partial charge is 0.387 e. The van der Waals surface area contributed by atoms with Gasteiger partial charge in [-0.2, -0.15) is 0 Å². The van der Waals surface area contributed by atoms with Gasteiger partial charge in [-0.1, -0.05) is 9.97 Å². The number of nitrogens with one attached hydrogen (secondary N) is 2. The van der Waals surface area contributed by atoms with Crippen molar-refractivity contribution in [2.45, 2.75) is 49.1 Å². The zero-order valence-electron chi connectivity index (χ0n) is 27.5. The van der Waals surface area contributed by atoms with Crippen LogP contribution in [0.4, 0.5) is 11.9 Å². The van der Waals surface area contributed by atoms with Crippen LogP contribution in [0.25, 0.3) is 22.3 Å². The Hall–Kier alpha value is -3.49. The fourth-order valence-electron chi connectivity index (χ4n) is 5.88. The first kappa shape index (κ1) is 39.2. The van der Waals surface area contributed by atoms with Gasteiger partial charge in [-0.25, -0.2) is 26.9 Å². The Morgan fingerprint density at radius 2 is 1.11 bits per heavy atom. The average Bonchev–Trinajstić information content (AvgIpc) is 3.71. The van der Waals surface area contributed by atoms with Crippen LogP contribution in [0.15, 0.2) is 22.2 Å². The molecule has 0 aliphatic carbocycles. The van der Waals surface area contributed by atoms with Gasteiger partial charge in [-0.3, -0.25) is 42.3 Å². The van der Waals surface area contributed by atoms with Crippen molar-refractivity contribution in [1.29, 1.82) is 0 Å². The van der Waals surface area contributed by atoms with Crippen molar-refractivity contribution in [2.75, 3.05) is 31.3 Å². The maximum atomic E-state index is 12.9. The molecule has 0 radical (unpaired) electrons. The first-order valence-corrected chi connectivity index (χ1v) is 20.1. The number of ether oxygens (including phenoxy) is 2. The highest BCUT2D eigenvalue weighted by molar-refractivity contribution is 7.69. The van der Waals surface area contributed by atoms with E-state index in [2.05, 4.69) is 28.6 Å². The molecular formula is C23H35N10O17P3+2. The van der Waals surface area contributed by atoms with Crippen molar-refractivity contribution >= 4 is 57.5 Å². The fraction of sp³-hybridized carbons (Fsp3) is 0.565. The number of phosphoric acid groups is 2. The molecule has 0 amide bonds. The lowest BCUT2D eigenvalue weighted by molar-refractivity contribution is -0.746. The van der Waals surface area contributed by atoms with Gasteiger partial charge >= 0.3 is 34.5 Å². The number of aliphatic hydroxyl groups is 4. The van der Waals surface area contributed by atoms with Gasteiger partial charge in [0, 0.05) is 6.66 Å². The Bertz CT molecular complexity index is 2170. The van der Waals surface area contributed by atoms with E-state index in [1.54, 1.807) is 0 Å². The van der Waals surface area contributed by atoms with E-state index in [0.717, 1.165) is 0 Å². The number of aromatic amines is 2. The van der Waals surface area contributed by atoms with Gasteiger partial charge in [-0.05, 0) is 0 Å². The lowest BCUT2D eigenvalue weighted by Gasteiger charge is -2.22. The summed E-state index contributed by atoms with van der Waals surface area (Å²) in [5.74, 6) is -0.510. The molecule has 292 valence electrons. The molecule has 30 heteroatoms. The minimum absolute atomic E-state index is 0.0307. The number of imidazole rings is 2.